The molecule has 0 fully saturated rings. The topological polar surface area (TPSA) is 51.2 Å². The molecule has 2 aromatic carbocycles. The number of nitrogens with zero attached hydrogens (tertiary/aromatic N) is 1. The van der Waals surface area contributed by atoms with Gasteiger partial charge in [0.15, 0.2) is 5.01 Å². The van der Waals surface area contributed by atoms with Gasteiger partial charge in [-0.1, -0.05) is 36.1 Å². The van der Waals surface area contributed by atoms with Crippen LogP contribution in [0.5, 0.6) is 5.75 Å². The third kappa shape index (κ3) is 3.50. The molecule has 0 unspecified atom stereocenters. The average molecular weight is 322 g/mol. The molecule has 114 valence electrons. The molecule has 1 amide bonds. The number of para-hydroxylation sites is 2. The van der Waals surface area contributed by atoms with Crippen molar-refractivity contribution in [3.8, 4) is 17.6 Å². The summed E-state index contributed by atoms with van der Waals surface area (Å²) in [6, 6.07) is 15.2. The lowest BCUT2D eigenvalue weighted by molar-refractivity contribution is 0.0958. The molecule has 1 aromatic heterocycles. The number of thiazole rings is 1. The minimum atomic E-state index is -0.208. The Morgan fingerprint density at radius 1 is 1.22 bits per heavy atom. The van der Waals surface area contributed by atoms with E-state index in [0.717, 1.165) is 21.5 Å². The van der Waals surface area contributed by atoms with Crippen LogP contribution in [-0.2, 0) is 0 Å². The molecule has 23 heavy (non-hydrogen) atoms. The third-order valence-electron chi connectivity index (χ3n) is 3.16. The third-order valence-corrected chi connectivity index (χ3v) is 4.19. The van der Waals surface area contributed by atoms with Crippen molar-refractivity contribution in [1.82, 2.24) is 10.3 Å². The van der Waals surface area contributed by atoms with Crippen LogP contribution in [0.4, 0.5) is 0 Å². The van der Waals surface area contributed by atoms with Crippen molar-refractivity contribution >= 4 is 27.5 Å². The van der Waals surface area contributed by atoms with Crippen molar-refractivity contribution in [3.05, 3.63) is 59.1 Å². The van der Waals surface area contributed by atoms with Crippen LogP contribution in [0.25, 0.3) is 10.2 Å². The Morgan fingerprint density at radius 2 is 2.00 bits per heavy atom. The maximum absolute atomic E-state index is 12.1. The van der Waals surface area contributed by atoms with Crippen LogP contribution in [0, 0.1) is 11.8 Å². The molecule has 0 atom stereocenters. The zero-order valence-electron chi connectivity index (χ0n) is 12.5. The second-order valence-corrected chi connectivity index (χ2v) is 5.70. The summed E-state index contributed by atoms with van der Waals surface area (Å²) in [6.45, 7) is 0.257. The number of hydrogen-bond donors (Lipinski definition) is 1. The molecule has 5 heteroatoms. The fourth-order valence-corrected chi connectivity index (χ4v) is 2.94. The number of carbonyl (C=O) groups is 1. The molecule has 0 saturated carbocycles. The summed E-state index contributed by atoms with van der Waals surface area (Å²) in [7, 11) is 1.61. The molecule has 0 aliphatic carbocycles. The number of nitrogens with one attached hydrogen (secondary N) is 1. The molecule has 0 spiro atoms. The van der Waals surface area contributed by atoms with Crippen molar-refractivity contribution in [1.29, 1.82) is 0 Å². The Bertz CT molecular complexity index is 873. The van der Waals surface area contributed by atoms with Gasteiger partial charge in [-0.15, -0.1) is 11.3 Å². The highest BCUT2D eigenvalue weighted by Gasteiger charge is 2.10. The highest BCUT2D eigenvalue weighted by atomic mass is 32.1. The van der Waals surface area contributed by atoms with Crippen LogP contribution >= 0.6 is 11.3 Å². The zero-order chi connectivity index (χ0) is 16.1. The molecule has 0 aliphatic rings. The van der Waals surface area contributed by atoms with Gasteiger partial charge in [0.05, 0.1) is 29.4 Å². The Hall–Kier alpha value is -2.84. The second kappa shape index (κ2) is 6.95. The van der Waals surface area contributed by atoms with Gasteiger partial charge in [-0.05, 0) is 24.3 Å². The number of carbonyl (C=O) groups excluding carboxylic acids is 1. The van der Waals surface area contributed by atoms with E-state index in [-0.39, 0.29) is 12.5 Å². The van der Waals surface area contributed by atoms with Crippen LogP contribution in [-0.4, -0.2) is 24.5 Å². The Labute approximate surface area is 138 Å². The first-order chi connectivity index (χ1) is 11.3. The predicted octanol–water partition coefficient (Wildman–Crippen LogP) is 3.09. The molecule has 3 rings (SSSR count). The number of fused-ring (bicyclic) bond motifs is 1. The van der Waals surface area contributed by atoms with Gasteiger partial charge in [-0.3, -0.25) is 4.79 Å². The van der Waals surface area contributed by atoms with Crippen molar-refractivity contribution in [2.45, 2.75) is 0 Å². The fourth-order valence-electron chi connectivity index (χ4n) is 2.06. The lowest BCUT2D eigenvalue weighted by atomic mass is 10.2. The van der Waals surface area contributed by atoms with Crippen LogP contribution < -0.4 is 10.1 Å². The zero-order valence-corrected chi connectivity index (χ0v) is 13.3. The molecule has 1 N–H and O–H groups in total. The van der Waals surface area contributed by atoms with E-state index >= 15 is 0 Å². The highest BCUT2D eigenvalue weighted by Crippen LogP contribution is 2.21. The summed E-state index contributed by atoms with van der Waals surface area (Å²) >= 11 is 1.37. The first kappa shape index (κ1) is 15.1. The molecule has 3 aromatic rings. The van der Waals surface area contributed by atoms with Crippen molar-refractivity contribution in [2.24, 2.45) is 0 Å². The summed E-state index contributed by atoms with van der Waals surface area (Å²) < 4.78 is 6.23. The minimum Gasteiger partial charge on any atom is -0.495 e. The molecular weight excluding hydrogens is 308 g/mol. The Balaban J connectivity index is 1.65. The fraction of sp³-hybridized carbons (Fsp3) is 0.111. The maximum atomic E-state index is 12.1. The van der Waals surface area contributed by atoms with Gasteiger partial charge in [0.1, 0.15) is 5.75 Å². The van der Waals surface area contributed by atoms with E-state index in [1.165, 1.54) is 11.3 Å². The number of benzene rings is 2. The van der Waals surface area contributed by atoms with E-state index in [9.17, 15) is 4.79 Å². The van der Waals surface area contributed by atoms with E-state index in [4.69, 9.17) is 4.74 Å². The highest BCUT2D eigenvalue weighted by molar-refractivity contribution is 7.20. The first-order valence-corrected chi connectivity index (χ1v) is 7.85. The summed E-state index contributed by atoms with van der Waals surface area (Å²) in [6.07, 6.45) is 0. The number of amides is 1. The number of hydrogen-bond acceptors (Lipinski definition) is 4. The van der Waals surface area contributed by atoms with Gasteiger partial charge in [-0.2, -0.15) is 0 Å². The van der Waals surface area contributed by atoms with E-state index in [0.29, 0.717) is 5.01 Å². The minimum absolute atomic E-state index is 0.208. The van der Waals surface area contributed by atoms with E-state index in [1.807, 2.05) is 48.5 Å². The molecule has 1 heterocycles. The smallest absolute Gasteiger partial charge is 0.281 e. The standard InChI is InChI=1S/C18H14N2O2S/c1-22-15-10-4-2-7-13(15)8-6-12-19-17(21)18-20-14-9-3-5-11-16(14)23-18/h2-5,7,9-11H,12H2,1H3,(H,19,21). The molecule has 0 saturated heterocycles. The number of rotatable bonds is 3. The maximum Gasteiger partial charge on any atom is 0.281 e. The van der Waals surface area contributed by atoms with Crippen molar-refractivity contribution < 1.29 is 9.53 Å². The van der Waals surface area contributed by atoms with Crippen LogP contribution in [0.2, 0.25) is 0 Å². The van der Waals surface area contributed by atoms with Gasteiger partial charge in [0.25, 0.3) is 5.91 Å². The van der Waals surface area contributed by atoms with E-state index in [2.05, 4.69) is 22.1 Å². The summed E-state index contributed by atoms with van der Waals surface area (Å²) in [5.41, 5.74) is 1.63. The number of aromatic nitrogens is 1. The molecule has 0 radical (unpaired) electrons. The Kier molecular flexibility index (Phi) is 4.55. The second-order valence-electron chi connectivity index (χ2n) is 4.67. The largest absolute Gasteiger partial charge is 0.495 e. The number of ether oxygens (including phenoxy) is 1. The molecule has 4 nitrogen and oxygen atoms in total. The van der Waals surface area contributed by atoms with Crippen molar-refractivity contribution in [3.63, 3.8) is 0 Å². The average Bonchev–Trinajstić information content (AvgIpc) is 3.03. The Morgan fingerprint density at radius 3 is 2.83 bits per heavy atom. The SMILES string of the molecule is COc1ccccc1C#CCNC(=O)c1nc2ccccc2s1. The van der Waals surface area contributed by atoms with Gasteiger partial charge in [-0.25, -0.2) is 4.98 Å². The molecular formula is C18H14N2O2S. The summed E-state index contributed by atoms with van der Waals surface area (Å²) in [5, 5.41) is 3.21. The van der Waals surface area contributed by atoms with Gasteiger partial charge < -0.3 is 10.1 Å². The van der Waals surface area contributed by atoms with Crippen LogP contribution in [0.1, 0.15) is 15.4 Å². The molecule has 0 bridgehead atoms. The first-order valence-electron chi connectivity index (χ1n) is 7.03. The predicted molar refractivity (Wildman–Crippen MR) is 91.8 cm³/mol. The van der Waals surface area contributed by atoms with E-state index in [1.54, 1.807) is 7.11 Å². The van der Waals surface area contributed by atoms with Gasteiger partial charge in [0, 0.05) is 0 Å². The quantitative estimate of drug-likeness (QED) is 0.754. The lowest BCUT2D eigenvalue weighted by Gasteiger charge is -2.01. The number of methoxy groups -OCH3 is 1. The molecule has 0 aliphatic heterocycles. The van der Waals surface area contributed by atoms with Crippen molar-refractivity contribution in [2.75, 3.05) is 13.7 Å². The lowest BCUT2D eigenvalue weighted by Crippen LogP contribution is -2.23. The van der Waals surface area contributed by atoms with Crippen LogP contribution in [0.3, 0.4) is 0 Å². The normalized spacial score (nSPS) is 9.96. The van der Waals surface area contributed by atoms with Crippen LogP contribution in [0.15, 0.2) is 48.5 Å². The summed E-state index contributed by atoms with van der Waals surface area (Å²) in [4.78, 5) is 16.4. The summed E-state index contributed by atoms with van der Waals surface area (Å²) in [5.74, 6) is 6.43. The van der Waals surface area contributed by atoms with Gasteiger partial charge >= 0.3 is 0 Å². The van der Waals surface area contributed by atoms with Gasteiger partial charge in [0.2, 0.25) is 0 Å². The van der Waals surface area contributed by atoms with E-state index < -0.39 is 0 Å². The monoisotopic (exact) mass is 322 g/mol.